The van der Waals surface area contributed by atoms with E-state index in [1.165, 1.54) is 5.56 Å². The molecule has 0 radical (unpaired) electrons. The van der Waals surface area contributed by atoms with Crippen molar-refractivity contribution in [2.45, 2.75) is 12.8 Å². The Morgan fingerprint density at radius 3 is 2.40 bits per heavy atom. The molecular formula is C20H23N3O2. The van der Waals surface area contributed by atoms with Gasteiger partial charge >= 0.3 is 0 Å². The summed E-state index contributed by atoms with van der Waals surface area (Å²) >= 11 is 0. The average Bonchev–Trinajstić information content (AvgIpc) is 2.65. The normalized spacial score (nSPS) is 10.4. The number of anilines is 1. The van der Waals surface area contributed by atoms with E-state index in [4.69, 9.17) is 5.26 Å². The van der Waals surface area contributed by atoms with Crippen molar-refractivity contribution in [2.24, 2.45) is 0 Å². The summed E-state index contributed by atoms with van der Waals surface area (Å²) in [6, 6.07) is 19.0. The minimum absolute atomic E-state index is 0.0754. The fourth-order valence-electron chi connectivity index (χ4n) is 2.52. The zero-order valence-corrected chi connectivity index (χ0v) is 14.2. The lowest BCUT2D eigenvalue weighted by Gasteiger charge is -2.21. The molecule has 0 aromatic heterocycles. The lowest BCUT2D eigenvalue weighted by molar-refractivity contribution is -0.116. The zero-order valence-electron chi connectivity index (χ0n) is 14.2. The number of nitrogens with zero attached hydrogens (tertiary/aromatic N) is 2. The first-order valence-electron chi connectivity index (χ1n) is 8.38. The monoisotopic (exact) mass is 337 g/mol. The van der Waals surface area contributed by atoms with Crippen LogP contribution in [0.1, 0.15) is 17.5 Å². The number of hydrogen-bond acceptors (Lipinski definition) is 4. The summed E-state index contributed by atoms with van der Waals surface area (Å²) in [5.41, 5.74) is 2.49. The molecule has 2 aromatic rings. The highest BCUT2D eigenvalue weighted by Crippen LogP contribution is 2.09. The molecular weight excluding hydrogens is 314 g/mol. The fraction of sp³-hybridized carbons (Fsp3) is 0.300. The molecule has 2 rings (SSSR count). The van der Waals surface area contributed by atoms with Crippen LogP contribution in [-0.4, -0.2) is 42.2 Å². The Bertz CT molecular complexity index is 693. The van der Waals surface area contributed by atoms with Crippen LogP contribution < -0.4 is 5.32 Å². The number of nitriles is 1. The highest BCUT2D eigenvalue weighted by molar-refractivity contribution is 5.90. The highest BCUT2D eigenvalue weighted by atomic mass is 16.3. The Balaban J connectivity index is 1.78. The molecule has 0 atom stereocenters. The SMILES string of the molecule is N#Cc1ccc(NC(=O)CCN(CCO)CCc2ccccc2)cc1. The van der Waals surface area contributed by atoms with Gasteiger partial charge in [0.2, 0.25) is 5.91 Å². The number of benzene rings is 2. The van der Waals surface area contributed by atoms with Gasteiger partial charge in [-0.1, -0.05) is 30.3 Å². The molecule has 0 fully saturated rings. The van der Waals surface area contributed by atoms with Crippen molar-refractivity contribution >= 4 is 11.6 Å². The van der Waals surface area contributed by atoms with Crippen molar-refractivity contribution in [3.8, 4) is 6.07 Å². The van der Waals surface area contributed by atoms with E-state index in [9.17, 15) is 9.90 Å². The lowest BCUT2D eigenvalue weighted by atomic mass is 10.1. The number of hydrogen-bond donors (Lipinski definition) is 2. The van der Waals surface area contributed by atoms with Gasteiger partial charge in [0.05, 0.1) is 18.2 Å². The second-order valence-electron chi connectivity index (χ2n) is 5.79. The third-order valence-corrected chi connectivity index (χ3v) is 3.93. The van der Waals surface area contributed by atoms with E-state index in [0.717, 1.165) is 13.0 Å². The fourth-order valence-corrected chi connectivity index (χ4v) is 2.52. The van der Waals surface area contributed by atoms with Gasteiger partial charge in [-0.25, -0.2) is 0 Å². The Kier molecular flexibility index (Phi) is 7.64. The summed E-state index contributed by atoms with van der Waals surface area (Å²) in [5, 5.41) is 20.8. The van der Waals surface area contributed by atoms with Crippen molar-refractivity contribution in [1.29, 1.82) is 5.26 Å². The van der Waals surface area contributed by atoms with Gasteiger partial charge in [0, 0.05) is 31.7 Å². The average molecular weight is 337 g/mol. The maximum Gasteiger partial charge on any atom is 0.225 e. The third-order valence-electron chi connectivity index (χ3n) is 3.93. The predicted octanol–water partition coefficient (Wildman–Crippen LogP) is 2.42. The first kappa shape index (κ1) is 18.7. The summed E-state index contributed by atoms with van der Waals surface area (Å²) in [5.74, 6) is -0.0765. The van der Waals surface area contributed by atoms with Crippen LogP contribution in [0, 0.1) is 11.3 Å². The standard InChI is InChI=1S/C20H23N3O2/c21-16-18-6-8-19(9-7-18)22-20(25)11-13-23(14-15-24)12-10-17-4-2-1-3-5-17/h1-9,24H,10-15H2,(H,22,25). The van der Waals surface area contributed by atoms with E-state index in [-0.39, 0.29) is 12.5 Å². The molecule has 0 saturated carbocycles. The number of carbonyl (C=O) groups is 1. The van der Waals surface area contributed by atoms with Gasteiger partial charge in [-0.3, -0.25) is 4.79 Å². The number of aliphatic hydroxyl groups excluding tert-OH is 1. The summed E-state index contributed by atoms with van der Waals surface area (Å²) in [6.45, 7) is 2.02. The maximum atomic E-state index is 12.1. The Morgan fingerprint density at radius 1 is 1.04 bits per heavy atom. The summed E-state index contributed by atoms with van der Waals surface area (Å²) in [4.78, 5) is 14.2. The molecule has 0 aliphatic heterocycles. The van der Waals surface area contributed by atoms with Crippen molar-refractivity contribution < 1.29 is 9.90 Å². The minimum atomic E-state index is -0.0765. The molecule has 25 heavy (non-hydrogen) atoms. The quantitative estimate of drug-likeness (QED) is 0.737. The molecule has 0 heterocycles. The van der Waals surface area contributed by atoms with Gasteiger partial charge < -0.3 is 15.3 Å². The van der Waals surface area contributed by atoms with Gasteiger partial charge in [-0.05, 0) is 36.2 Å². The second-order valence-corrected chi connectivity index (χ2v) is 5.79. The number of amides is 1. The summed E-state index contributed by atoms with van der Waals surface area (Å²) in [6.07, 6.45) is 1.24. The van der Waals surface area contributed by atoms with Crippen LogP contribution in [0.2, 0.25) is 0 Å². The van der Waals surface area contributed by atoms with E-state index < -0.39 is 0 Å². The Morgan fingerprint density at radius 2 is 1.76 bits per heavy atom. The van der Waals surface area contributed by atoms with E-state index >= 15 is 0 Å². The number of nitrogens with one attached hydrogen (secondary N) is 1. The van der Waals surface area contributed by atoms with Gasteiger partial charge in [0.1, 0.15) is 0 Å². The summed E-state index contributed by atoms with van der Waals surface area (Å²) in [7, 11) is 0. The van der Waals surface area contributed by atoms with Crippen LogP contribution in [0.3, 0.4) is 0 Å². The molecule has 2 N–H and O–H groups in total. The molecule has 2 aromatic carbocycles. The van der Waals surface area contributed by atoms with Gasteiger partial charge in [-0.2, -0.15) is 5.26 Å². The minimum Gasteiger partial charge on any atom is -0.395 e. The van der Waals surface area contributed by atoms with E-state index in [1.54, 1.807) is 24.3 Å². The van der Waals surface area contributed by atoms with Crippen molar-refractivity contribution in [2.75, 3.05) is 31.6 Å². The largest absolute Gasteiger partial charge is 0.395 e. The molecule has 0 unspecified atom stereocenters. The molecule has 1 amide bonds. The number of carbonyl (C=O) groups excluding carboxylic acids is 1. The topological polar surface area (TPSA) is 76.4 Å². The number of rotatable bonds is 9. The molecule has 130 valence electrons. The molecule has 0 bridgehead atoms. The molecule has 0 saturated heterocycles. The van der Waals surface area contributed by atoms with Crippen LogP contribution in [0.4, 0.5) is 5.69 Å². The molecule has 0 aliphatic carbocycles. The predicted molar refractivity (Wildman–Crippen MR) is 98.1 cm³/mol. The van der Waals surface area contributed by atoms with Crippen LogP contribution in [0.5, 0.6) is 0 Å². The van der Waals surface area contributed by atoms with E-state index in [2.05, 4.69) is 22.3 Å². The van der Waals surface area contributed by atoms with Crippen molar-refractivity contribution in [3.63, 3.8) is 0 Å². The van der Waals surface area contributed by atoms with Gasteiger partial charge in [0.15, 0.2) is 0 Å². The molecule has 0 aliphatic rings. The zero-order chi connectivity index (χ0) is 17.9. The van der Waals surface area contributed by atoms with Crippen LogP contribution in [0.25, 0.3) is 0 Å². The second kappa shape index (κ2) is 10.2. The Hall–Kier alpha value is -2.68. The smallest absolute Gasteiger partial charge is 0.225 e. The highest BCUT2D eigenvalue weighted by Gasteiger charge is 2.09. The molecule has 5 heteroatoms. The van der Waals surface area contributed by atoms with E-state index in [0.29, 0.717) is 30.8 Å². The third kappa shape index (κ3) is 6.76. The Labute approximate surface area is 148 Å². The van der Waals surface area contributed by atoms with E-state index in [1.807, 2.05) is 24.3 Å². The van der Waals surface area contributed by atoms with Crippen molar-refractivity contribution in [3.05, 3.63) is 65.7 Å². The first-order chi connectivity index (χ1) is 12.2. The summed E-state index contributed by atoms with van der Waals surface area (Å²) < 4.78 is 0. The van der Waals surface area contributed by atoms with Gasteiger partial charge in [-0.15, -0.1) is 0 Å². The maximum absolute atomic E-state index is 12.1. The van der Waals surface area contributed by atoms with Gasteiger partial charge in [0.25, 0.3) is 0 Å². The number of aliphatic hydroxyl groups is 1. The first-order valence-corrected chi connectivity index (χ1v) is 8.38. The lowest BCUT2D eigenvalue weighted by Crippen LogP contribution is -2.32. The van der Waals surface area contributed by atoms with Crippen LogP contribution >= 0.6 is 0 Å². The molecule has 5 nitrogen and oxygen atoms in total. The molecule has 0 spiro atoms. The van der Waals surface area contributed by atoms with Crippen molar-refractivity contribution in [1.82, 2.24) is 4.90 Å². The van der Waals surface area contributed by atoms with Crippen LogP contribution in [0.15, 0.2) is 54.6 Å². The van der Waals surface area contributed by atoms with Crippen LogP contribution in [-0.2, 0) is 11.2 Å².